The number of carbonyl (C=O) groups excluding carboxylic acids is 1. The zero-order valence-electron chi connectivity index (χ0n) is 15.0. The van der Waals surface area contributed by atoms with Crippen LogP contribution in [0.4, 0.5) is 5.69 Å². The van der Waals surface area contributed by atoms with E-state index in [0.717, 1.165) is 16.2 Å². The SMILES string of the molecule is Cn1c(SCC(=O)NN=C/C=C/c2ccccc2[N+](=O)[O-])nc2ccccc21. The summed E-state index contributed by atoms with van der Waals surface area (Å²) in [6.45, 7) is 0. The van der Waals surface area contributed by atoms with Crippen molar-refractivity contribution in [1.29, 1.82) is 0 Å². The third-order valence-electron chi connectivity index (χ3n) is 3.84. The lowest BCUT2D eigenvalue weighted by atomic mass is 10.2. The molecule has 1 N–H and O–H groups in total. The number of para-hydroxylation sites is 3. The van der Waals surface area contributed by atoms with Gasteiger partial charge in [-0.25, -0.2) is 10.4 Å². The number of hydrogen-bond donors (Lipinski definition) is 1. The second-order valence-corrected chi connectivity index (χ2v) is 6.66. The van der Waals surface area contributed by atoms with Crippen LogP contribution >= 0.6 is 11.8 Å². The van der Waals surface area contributed by atoms with Gasteiger partial charge in [0.05, 0.1) is 27.3 Å². The lowest BCUT2D eigenvalue weighted by Crippen LogP contribution is -2.19. The first kappa shape index (κ1) is 19.3. The van der Waals surface area contributed by atoms with Gasteiger partial charge in [0.15, 0.2) is 5.16 Å². The number of nitrogens with one attached hydrogen (secondary N) is 1. The summed E-state index contributed by atoms with van der Waals surface area (Å²) in [6, 6.07) is 14.1. The Bertz CT molecular complexity index is 1070. The van der Waals surface area contributed by atoms with Crippen LogP contribution in [-0.2, 0) is 11.8 Å². The Labute approximate surface area is 165 Å². The Morgan fingerprint density at radius 2 is 2.04 bits per heavy atom. The molecule has 0 saturated heterocycles. The fourth-order valence-corrected chi connectivity index (χ4v) is 3.29. The van der Waals surface area contributed by atoms with Crippen LogP contribution in [0.1, 0.15) is 5.56 Å². The molecule has 8 nitrogen and oxygen atoms in total. The Morgan fingerprint density at radius 1 is 1.29 bits per heavy atom. The molecule has 0 atom stereocenters. The van der Waals surface area contributed by atoms with Gasteiger partial charge >= 0.3 is 0 Å². The largest absolute Gasteiger partial charge is 0.322 e. The molecule has 0 fully saturated rings. The predicted octanol–water partition coefficient (Wildman–Crippen LogP) is 3.39. The van der Waals surface area contributed by atoms with E-state index in [1.807, 2.05) is 35.9 Å². The summed E-state index contributed by atoms with van der Waals surface area (Å²) >= 11 is 1.32. The van der Waals surface area contributed by atoms with Crippen molar-refractivity contribution in [3.05, 3.63) is 70.3 Å². The second kappa shape index (κ2) is 8.96. The third-order valence-corrected chi connectivity index (χ3v) is 4.87. The van der Waals surface area contributed by atoms with Gasteiger partial charge in [-0.05, 0) is 30.4 Å². The average Bonchev–Trinajstić information content (AvgIpc) is 3.02. The molecule has 3 rings (SSSR count). The molecule has 2 aromatic carbocycles. The molecule has 0 aliphatic carbocycles. The summed E-state index contributed by atoms with van der Waals surface area (Å²) in [5.74, 6) is -0.102. The number of nitro groups is 1. The lowest BCUT2D eigenvalue weighted by Gasteiger charge is -2.01. The van der Waals surface area contributed by atoms with Crippen LogP contribution in [0.25, 0.3) is 17.1 Å². The number of hydrogen-bond acceptors (Lipinski definition) is 6. The highest BCUT2D eigenvalue weighted by Gasteiger charge is 2.10. The van der Waals surface area contributed by atoms with Gasteiger partial charge in [0.25, 0.3) is 11.6 Å². The van der Waals surface area contributed by atoms with E-state index in [2.05, 4.69) is 15.5 Å². The molecule has 0 bridgehead atoms. The topological polar surface area (TPSA) is 102 Å². The summed E-state index contributed by atoms with van der Waals surface area (Å²) in [7, 11) is 1.90. The van der Waals surface area contributed by atoms with E-state index in [1.54, 1.807) is 24.3 Å². The Hall–Kier alpha value is -3.46. The number of benzene rings is 2. The van der Waals surface area contributed by atoms with Crippen molar-refractivity contribution in [2.75, 3.05) is 5.75 Å². The monoisotopic (exact) mass is 395 g/mol. The Kier molecular flexibility index (Phi) is 6.18. The van der Waals surface area contributed by atoms with Gasteiger partial charge in [-0.3, -0.25) is 14.9 Å². The van der Waals surface area contributed by atoms with Gasteiger partial charge in [-0.2, -0.15) is 5.10 Å². The molecule has 0 aliphatic heterocycles. The standard InChI is InChI=1S/C19H17N5O3S/c1-23-17-11-5-3-9-15(17)21-19(23)28-13-18(25)22-20-12-6-8-14-7-2-4-10-16(14)24(26)27/h2-12H,13H2,1H3,(H,22,25)/b8-6+,20-12?. The molecular weight excluding hydrogens is 378 g/mol. The first-order chi connectivity index (χ1) is 13.6. The quantitative estimate of drug-likeness (QED) is 0.286. The summed E-state index contributed by atoms with van der Waals surface area (Å²) < 4.78 is 1.94. The normalized spacial score (nSPS) is 11.5. The number of amides is 1. The van der Waals surface area contributed by atoms with Crippen molar-refractivity contribution in [1.82, 2.24) is 15.0 Å². The van der Waals surface area contributed by atoms with Crippen molar-refractivity contribution < 1.29 is 9.72 Å². The molecule has 0 aliphatic rings. The minimum Gasteiger partial charge on any atom is -0.322 e. The van der Waals surface area contributed by atoms with Crippen molar-refractivity contribution in [2.24, 2.45) is 12.1 Å². The maximum Gasteiger partial charge on any atom is 0.276 e. The number of rotatable bonds is 7. The van der Waals surface area contributed by atoms with Crippen molar-refractivity contribution in [3.8, 4) is 0 Å². The molecule has 9 heteroatoms. The summed E-state index contributed by atoms with van der Waals surface area (Å²) in [6.07, 6.45) is 4.46. The van der Waals surface area contributed by atoms with Gasteiger partial charge in [0, 0.05) is 19.3 Å². The average molecular weight is 395 g/mol. The summed E-state index contributed by atoms with van der Waals surface area (Å²) in [4.78, 5) is 26.9. The van der Waals surface area contributed by atoms with E-state index < -0.39 is 4.92 Å². The second-order valence-electron chi connectivity index (χ2n) is 5.72. The van der Waals surface area contributed by atoms with Gasteiger partial charge in [0.1, 0.15) is 0 Å². The number of hydrazone groups is 1. The van der Waals surface area contributed by atoms with E-state index in [9.17, 15) is 14.9 Å². The highest BCUT2D eigenvalue weighted by atomic mass is 32.2. The first-order valence-electron chi connectivity index (χ1n) is 8.32. The number of nitro benzene ring substituents is 1. The van der Waals surface area contributed by atoms with E-state index in [-0.39, 0.29) is 17.3 Å². The summed E-state index contributed by atoms with van der Waals surface area (Å²) in [5, 5.41) is 15.5. The number of allylic oxidation sites excluding steroid dienone is 1. The summed E-state index contributed by atoms with van der Waals surface area (Å²) in [5.41, 5.74) is 4.77. The highest BCUT2D eigenvalue weighted by Crippen LogP contribution is 2.22. The van der Waals surface area contributed by atoms with Crippen LogP contribution in [0.15, 0.2) is 64.9 Å². The Balaban J connectivity index is 1.51. The molecular formula is C19H17N5O3S. The molecule has 1 amide bonds. The van der Waals surface area contributed by atoms with Gasteiger partial charge in [-0.15, -0.1) is 0 Å². The maximum absolute atomic E-state index is 11.9. The van der Waals surface area contributed by atoms with Crippen LogP contribution in [0.3, 0.4) is 0 Å². The number of fused-ring (bicyclic) bond motifs is 1. The highest BCUT2D eigenvalue weighted by molar-refractivity contribution is 7.99. The lowest BCUT2D eigenvalue weighted by molar-refractivity contribution is -0.385. The number of imidazole rings is 1. The zero-order chi connectivity index (χ0) is 19.9. The van der Waals surface area contributed by atoms with Crippen LogP contribution in [0.2, 0.25) is 0 Å². The zero-order valence-corrected chi connectivity index (χ0v) is 15.8. The van der Waals surface area contributed by atoms with Crippen LogP contribution in [-0.4, -0.2) is 32.3 Å². The minimum absolute atomic E-state index is 0.00930. The molecule has 3 aromatic rings. The molecule has 1 aromatic heterocycles. The molecule has 0 radical (unpaired) electrons. The molecule has 142 valence electrons. The first-order valence-corrected chi connectivity index (χ1v) is 9.31. The number of aryl methyl sites for hydroxylation is 1. The number of thioether (sulfide) groups is 1. The van der Waals surface area contributed by atoms with Crippen molar-refractivity contribution in [2.45, 2.75) is 5.16 Å². The van der Waals surface area contributed by atoms with Crippen LogP contribution in [0, 0.1) is 10.1 Å². The van der Waals surface area contributed by atoms with Gasteiger partial charge in [0.2, 0.25) is 0 Å². The van der Waals surface area contributed by atoms with Crippen molar-refractivity contribution in [3.63, 3.8) is 0 Å². The van der Waals surface area contributed by atoms with E-state index in [1.165, 1.54) is 30.1 Å². The van der Waals surface area contributed by atoms with Crippen LogP contribution in [0.5, 0.6) is 0 Å². The molecule has 0 spiro atoms. The van der Waals surface area contributed by atoms with Crippen molar-refractivity contribution >= 4 is 46.7 Å². The van der Waals surface area contributed by atoms with E-state index in [0.29, 0.717) is 5.56 Å². The fourth-order valence-electron chi connectivity index (χ4n) is 2.51. The van der Waals surface area contributed by atoms with E-state index in [4.69, 9.17) is 0 Å². The molecule has 0 saturated carbocycles. The smallest absolute Gasteiger partial charge is 0.276 e. The van der Waals surface area contributed by atoms with Gasteiger partial charge < -0.3 is 4.57 Å². The Morgan fingerprint density at radius 3 is 2.82 bits per heavy atom. The molecule has 1 heterocycles. The predicted molar refractivity (Wildman–Crippen MR) is 110 cm³/mol. The van der Waals surface area contributed by atoms with E-state index >= 15 is 0 Å². The maximum atomic E-state index is 11.9. The fraction of sp³-hybridized carbons (Fsp3) is 0.105. The third kappa shape index (κ3) is 4.63. The number of nitrogens with zero attached hydrogens (tertiary/aromatic N) is 4. The van der Waals surface area contributed by atoms with Gasteiger partial charge in [-0.1, -0.05) is 36.0 Å². The molecule has 28 heavy (non-hydrogen) atoms. The molecule has 0 unspecified atom stereocenters. The number of carbonyl (C=O) groups is 1. The number of aromatic nitrogens is 2. The minimum atomic E-state index is -0.448. The van der Waals surface area contributed by atoms with Crippen LogP contribution < -0.4 is 5.43 Å².